The van der Waals surface area contributed by atoms with Crippen LogP contribution in [-0.4, -0.2) is 33.5 Å². The number of carbonyl (C=O) groups is 1. The summed E-state index contributed by atoms with van der Waals surface area (Å²) in [6.07, 6.45) is 0.913. The zero-order valence-corrected chi connectivity index (χ0v) is 13.5. The molecule has 0 saturated heterocycles. The average molecular weight is 308 g/mol. The van der Waals surface area contributed by atoms with Crippen LogP contribution in [0.15, 0.2) is 23.4 Å². The van der Waals surface area contributed by atoms with Gasteiger partial charge in [-0.1, -0.05) is 18.7 Å². The van der Waals surface area contributed by atoms with Crippen LogP contribution in [0, 0.1) is 0 Å². The minimum atomic E-state index is -0.842. The Bertz CT molecular complexity index is 664. The standard InChI is InChI=1S/C15H20N2O3S/c1-5-15(2,3)17-12-8-10(20-4)6-7-11(12)16-14(17)21-9-13(18)19/h6-8H,5,9H2,1-4H3,(H,18,19). The fraction of sp³-hybridized carbons (Fsp3) is 0.467. The van der Waals surface area contributed by atoms with Gasteiger partial charge in [0.15, 0.2) is 5.16 Å². The number of carboxylic acid groups (broad SMARTS) is 1. The quantitative estimate of drug-likeness (QED) is 0.829. The van der Waals surface area contributed by atoms with Gasteiger partial charge in [0.2, 0.25) is 0 Å². The van der Waals surface area contributed by atoms with Gasteiger partial charge in [0.1, 0.15) is 5.75 Å². The summed E-state index contributed by atoms with van der Waals surface area (Å²) in [4.78, 5) is 15.4. The average Bonchev–Trinajstić information content (AvgIpc) is 2.82. The molecule has 0 saturated carbocycles. The lowest BCUT2D eigenvalue weighted by molar-refractivity contribution is -0.133. The molecule has 0 aliphatic carbocycles. The topological polar surface area (TPSA) is 64.4 Å². The number of imidazole rings is 1. The van der Waals surface area contributed by atoms with Crippen LogP contribution in [0.5, 0.6) is 5.75 Å². The molecule has 2 rings (SSSR count). The first-order chi connectivity index (χ1) is 9.89. The summed E-state index contributed by atoms with van der Waals surface area (Å²) in [5.74, 6) is -0.0731. The van der Waals surface area contributed by atoms with Crippen molar-refractivity contribution in [2.45, 2.75) is 37.9 Å². The molecule has 6 heteroatoms. The number of rotatable bonds is 6. The molecular formula is C15H20N2O3S. The molecule has 0 unspecified atom stereocenters. The Balaban J connectivity index is 2.61. The van der Waals surface area contributed by atoms with Gasteiger partial charge in [-0.15, -0.1) is 0 Å². The van der Waals surface area contributed by atoms with E-state index in [1.54, 1.807) is 7.11 Å². The molecule has 5 nitrogen and oxygen atoms in total. The van der Waals surface area contributed by atoms with Gasteiger partial charge in [0.25, 0.3) is 0 Å². The van der Waals surface area contributed by atoms with Crippen LogP contribution in [0.25, 0.3) is 11.0 Å². The zero-order valence-electron chi connectivity index (χ0n) is 12.7. The molecule has 1 N–H and O–H groups in total. The van der Waals surface area contributed by atoms with Crippen LogP contribution in [0.4, 0.5) is 0 Å². The van der Waals surface area contributed by atoms with Gasteiger partial charge in [-0.25, -0.2) is 4.98 Å². The highest BCUT2D eigenvalue weighted by atomic mass is 32.2. The second kappa shape index (κ2) is 5.97. The normalized spacial score (nSPS) is 11.8. The number of fused-ring (bicyclic) bond motifs is 1. The molecule has 0 amide bonds. The summed E-state index contributed by atoms with van der Waals surface area (Å²) >= 11 is 1.25. The van der Waals surface area contributed by atoms with Gasteiger partial charge < -0.3 is 14.4 Å². The van der Waals surface area contributed by atoms with Crippen molar-refractivity contribution in [3.63, 3.8) is 0 Å². The van der Waals surface area contributed by atoms with Gasteiger partial charge >= 0.3 is 5.97 Å². The number of aromatic nitrogens is 2. The number of carboxylic acids is 1. The summed E-state index contributed by atoms with van der Waals surface area (Å²) in [6.45, 7) is 6.36. The molecule has 0 atom stereocenters. The molecule has 0 aliphatic heterocycles. The predicted molar refractivity (Wildman–Crippen MR) is 84.3 cm³/mol. The Morgan fingerprint density at radius 1 is 1.48 bits per heavy atom. The summed E-state index contributed by atoms with van der Waals surface area (Å²) in [5, 5.41) is 9.63. The van der Waals surface area contributed by atoms with Gasteiger partial charge in [-0.05, 0) is 32.4 Å². The Labute approximate surface area is 128 Å². The molecule has 21 heavy (non-hydrogen) atoms. The van der Waals surface area contributed by atoms with E-state index in [1.807, 2.05) is 18.2 Å². The van der Waals surface area contributed by atoms with Crippen LogP contribution in [0.3, 0.4) is 0 Å². The fourth-order valence-electron chi connectivity index (χ4n) is 2.13. The van der Waals surface area contributed by atoms with E-state index in [9.17, 15) is 4.79 Å². The van der Waals surface area contributed by atoms with Crippen LogP contribution >= 0.6 is 11.8 Å². The third-order valence-electron chi connectivity index (χ3n) is 3.63. The molecule has 2 aromatic rings. The smallest absolute Gasteiger partial charge is 0.313 e. The SMILES string of the molecule is CCC(C)(C)n1c(SCC(=O)O)nc2ccc(OC)cc21. The first-order valence-corrected chi connectivity index (χ1v) is 7.79. The zero-order chi connectivity index (χ0) is 15.6. The van der Waals surface area contributed by atoms with E-state index in [2.05, 4.69) is 30.3 Å². The fourth-order valence-corrected chi connectivity index (χ4v) is 3.02. The molecule has 0 spiro atoms. The van der Waals surface area contributed by atoms with E-state index in [1.165, 1.54) is 11.8 Å². The molecule has 0 bridgehead atoms. The lowest BCUT2D eigenvalue weighted by Crippen LogP contribution is -2.26. The number of aliphatic carboxylic acids is 1. The van der Waals surface area contributed by atoms with Crippen molar-refractivity contribution >= 4 is 28.8 Å². The van der Waals surface area contributed by atoms with E-state index < -0.39 is 5.97 Å². The number of methoxy groups -OCH3 is 1. The molecule has 1 aromatic carbocycles. The number of ether oxygens (including phenoxy) is 1. The van der Waals surface area contributed by atoms with E-state index in [-0.39, 0.29) is 11.3 Å². The third kappa shape index (κ3) is 3.15. The maximum absolute atomic E-state index is 10.8. The first kappa shape index (κ1) is 15.7. The van der Waals surface area contributed by atoms with Gasteiger partial charge in [0.05, 0.1) is 23.9 Å². The van der Waals surface area contributed by atoms with E-state index in [0.717, 1.165) is 28.4 Å². The highest BCUT2D eigenvalue weighted by molar-refractivity contribution is 7.99. The number of thioether (sulfide) groups is 1. The second-order valence-corrected chi connectivity index (χ2v) is 6.38. The Kier molecular flexibility index (Phi) is 4.46. The molecule has 114 valence electrons. The largest absolute Gasteiger partial charge is 0.497 e. The van der Waals surface area contributed by atoms with Crippen LogP contribution < -0.4 is 4.74 Å². The highest BCUT2D eigenvalue weighted by Gasteiger charge is 2.25. The first-order valence-electron chi connectivity index (χ1n) is 6.80. The van der Waals surface area contributed by atoms with Gasteiger partial charge in [-0.2, -0.15) is 0 Å². The van der Waals surface area contributed by atoms with Crippen molar-refractivity contribution in [1.82, 2.24) is 9.55 Å². The summed E-state index contributed by atoms with van der Waals surface area (Å²) < 4.78 is 7.40. The molecule has 0 aliphatic rings. The molecule has 1 aromatic heterocycles. The molecule has 0 fully saturated rings. The number of hydrogen-bond acceptors (Lipinski definition) is 4. The monoisotopic (exact) mass is 308 g/mol. The number of nitrogens with zero attached hydrogens (tertiary/aromatic N) is 2. The number of benzene rings is 1. The summed E-state index contributed by atoms with van der Waals surface area (Å²) in [6, 6.07) is 5.72. The van der Waals surface area contributed by atoms with Crippen molar-refractivity contribution in [1.29, 1.82) is 0 Å². The minimum absolute atomic E-state index is 0.000249. The summed E-state index contributed by atoms with van der Waals surface area (Å²) in [7, 11) is 1.63. The van der Waals surface area contributed by atoms with E-state index >= 15 is 0 Å². The summed E-state index contributed by atoms with van der Waals surface area (Å²) in [5.41, 5.74) is 1.67. The maximum atomic E-state index is 10.8. The van der Waals surface area contributed by atoms with Crippen LogP contribution in [-0.2, 0) is 10.3 Å². The van der Waals surface area contributed by atoms with Crippen LogP contribution in [0.2, 0.25) is 0 Å². The molecular weight excluding hydrogens is 288 g/mol. The van der Waals surface area contributed by atoms with E-state index in [0.29, 0.717) is 0 Å². The molecule has 0 radical (unpaired) electrons. The van der Waals surface area contributed by atoms with Gasteiger partial charge in [-0.3, -0.25) is 4.79 Å². The van der Waals surface area contributed by atoms with E-state index in [4.69, 9.17) is 9.84 Å². The van der Waals surface area contributed by atoms with Crippen molar-refractivity contribution < 1.29 is 14.6 Å². The van der Waals surface area contributed by atoms with Gasteiger partial charge in [0, 0.05) is 11.6 Å². The maximum Gasteiger partial charge on any atom is 0.313 e. The lowest BCUT2D eigenvalue weighted by Gasteiger charge is -2.27. The lowest BCUT2D eigenvalue weighted by atomic mass is 10.0. The Morgan fingerprint density at radius 2 is 2.19 bits per heavy atom. The van der Waals surface area contributed by atoms with Crippen LogP contribution in [0.1, 0.15) is 27.2 Å². The Hall–Kier alpha value is -1.69. The highest BCUT2D eigenvalue weighted by Crippen LogP contribution is 2.34. The predicted octanol–water partition coefficient (Wildman–Crippen LogP) is 3.37. The number of hydrogen-bond donors (Lipinski definition) is 1. The van der Waals surface area contributed by atoms with Crippen molar-refractivity contribution in [3.8, 4) is 5.75 Å². The van der Waals surface area contributed by atoms with Crippen molar-refractivity contribution in [2.75, 3.05) is 12.9 Å². The third-order valence-corrected chi connectivity index (χ3v) is 4.55. The van der Waals surface area contributed by atoms with Crippen molar-refractivity contribution in [2.24, 2.45) is 0 Å². The Morgan fingerprint density at radius 3 is 2.76 bits per heavy atom. The van der Waals surface area contributed by atoms with Crippen molar-refractivity contribution in [3.05, 3.63) is 18.2 Å². The molecule has 1 heterocycles. The second-order valence-electron chi connectivity index (χ2n) is 5.43. The minimum Gasteiger partial charge on any atom is -0.497 e.